The third-order valence-corrected chi connectivity index (χ3v) is 4.18. The van der Waals surface area contributed by atoms with Crippen molar-refractivity contribution in [3.63, 3.8) is 0 Å². The van der Waals surface area contributed by atoms with Gasteiger partial charge in [-0.2, -0.15) is 13.2 Å². The summed E-state index contributed by atoms with van der Waals surface area (Å²) >= 11 is 0. The molecule has 19 heavy (non-hydrogen) atoms. The van der Waals surface area contributed by atoms with Crippen molar-refractivity contribution in [2.45, 2.75) is 44.3 Å². The minimum Gasteiger partial charge on any atom is -0.338 e. The minimum atomic E-state index is -4.05. The fourth-order valence-electron chi connectivity index (χ4n) is 2.85. The summed E-state index contributed by atoms with van der Waals surface area (Å²) in [5.41, 5.74) is 6.13. The van der Waals surface area contributed by atoms with Crippen molar-refractivity contribution in [3.8, 4) is 0 Å². The number of nitrogens with two attached hydrogens (primary N) is 1. The third kappa shape index (κ3) is 3.49. The Balaban J connectivity index is 1.86. The number of hydrogen-bond acceptors (Lipinski definition) is 2. The lowest BCUT2D eigenvalue weighted by Gasteiger charge is -2.32. The number of nitrogens with zero attached hydrogens (tertiary/aromatic N) is 2. The number of imidazole rings is 1. The van der Waals surface area contributed by atoms with Gasteiger partial charge in [-0.15, -0.1) is 0 Å². The largest absolute Gasteiger partial charge is 0.391 e. The van der Waals surface area contributed by atoms with Crippen molar-refractivity contribution < 1.29 is 13.2 Å². The van der Waals surface area contributed by atoms with Gasteiger partial charge in [-0.25, -0.2) is 4.98 Å². The second-order valence-electron chi connectivity index (χ2n) is 5.48. The Kier molecular flexibility index (Phi) is 4.18. The molecule has 0 bridgehead atoms. The number of hydrogen-bond donors (Lipinski definition) is 1. The molecule has 1 fully saturated rings. The van der Waals surface area contributed by atoms with Crippen LogP contribution in [-0.4, -0.2) is 21.8 Å². The summed E-state index contributed by atoms with van der Waals surface area (Å²) in [4.78, 5) is 4.21. The van der Waals surface area contributed by atoms with Crippen LogP contribution in [0.25, 0.3) is 0 Å². The van der Waals surface area contributed by atoms with E-state index in [4.69, 9.17) is 5.73 Å². The molecule has 1 saturated carbocycles. The fourth-order valence-corrected chi connectivity index (χ4v) is 2.85. The van der Waals surface area contributed by atoms with E-state index < -0.39 is 12.1 Å². The van der Waals surface area contributed by atoms with Crippen molar-refractivity contribution in [3.05, 3.63) is 18.2 Å². The van der Waals surface area contributed by atoms with E-state index in [-0.39, 0.29) is 24.8 Å². The SMILES string of the molecule is Cn1ccnc1CC(N)C1CCC(C(F)(F)F)CC1. The minimum absolute atomic E-state index is 0.102. The van der Waals surface area contributed by atoms with Gasteiger partial charge < -0.3 is 10.3 Å². The lowest BCUT2D eigenvalue weighted by atomic mass is 9.77. The third-order valence-electron chi connectivity index (χ3n) is 4.18. The maximum absolute atomic E-state index is 12.6. The zero-order chi connectivity index (χ0) is 14.0. The lowest BCUT2D eigenvalue weighted by molar-refractivity contribution is -0.184. The monoisotopic (exact) mass is 275 g/mol. The Bertz CT molecular complexity index is 406. The molecule has 0 radical (unpaired) electrons. The van der Waals surface area contributed by atoms with E-state index in [0.29, 0.717) is 19.3 Å². The van der Waals surface area contributed by atoms with Gasteiger partial charge in [0.15, 0.2) is 0 Å². The van der Waals surface area contributed by atoms with E-state index in [9.17, 15) is 13.2 Å². The Labute approximate surface area is 111 Å². The fraction of sp³-hybridized carbons (Fsp3) is 0.769. The van der Waals surface area contributed by atoms with E-state index in [1.165, 1.54) is 0 Å². The van der Waals surface area contributed by atoms with Gasteiger partial charge in [0.2, 0.25) is 0 Å². The summed E-state index contributed by atoms with van der Waals surface area (Å²) in [6.45, 7) is 0. The van der Waals surface area contributed by atoms with Crippen molar-refractivity contribution in [2.24, 2.45) is 24.6 Å². The number of alkyl halides is 3. The molecular weight excluding hydrogens is 255 g/mol. The Morgan fingerprint density at radius 2 is 2.00 bits per heavy atom. The second kappa shape index (κ2) is 5.53. The summed E-state index contributed by atoms with van der Waals surface area (Å²) in [5.74, 6) is -0.0649. The van der Waals surface area contributed by atoms with Crippen LogP contribution in [0, 0.1) is 11.8 Å². The highest BCUT2D eigenvalue weighted by Gasteiger charge is 2.42. The molecule has 3 nitrogen and oxygen atoms in total. The molecule has 2 rings (SSSR count). The van der Waals surface area contributed by atoms with Crippen LogP contribution in [-0.2, 0) is 13.5 Å². The van der Waals surface area contributed by atoms with Crippen molar-refractivity contribution in [2.75, 3.05) is 0 Å². The van der Waals surface area contributed by atoms with E-state index in [2.05, 4.69) is 4.98 Å². The van der Waals surface area contributed by atoms with Gasteiger partial charge in [-0.05, 0) is 31.6 Å². The number of halogens is 3. The maximum Gasteiger partial charge on any atom is 0.391 e. The average molecular weight is 275 g/mol. The van der Waals surface area contributed by atoms with Gasteiger partial charge >= 0.3 is 6.18 Å². The molecular formula is C13H20F3N3. The predicted octanol–water partition coefficient (Wildman–Crippen LogP) is 2.66. The quantitative estimate of drug-likeness (QED) is 0.921. The molecule has 0 saturated heterocycles. The van der Waals surface area contributed by atoms with Crippen LogP contribution < -0.4 is 5.73 Å². The van der Waals surface area contributed by atoms with Crippen LogP contribution in [0.2, 0.25) is 0 Å². The van der Waals surface area contributed by atoms with Crippen molar-refractivity contribution in [1.82, 2.24) is 9.55 Å². The molecule has 1 aromatic rings. The predicted molar refractivity (Wildman–Crippen MR) is 66.4 cm³/mol. The van der Waals surface area contributed by atoms with E-state index in [1.807, 2.05) is 17.8 Å². The van der Waals surface area contributed by atoms with E-state index in [1.54, 1.807) is 6.20 Å². The lowest BCUT2D eigenvalue weighted by Crippen LogP contribution is -2.38. The second-order valence-corrected chi connectivity index (χ2v) is 5.48. The molecule has 0 amide bonds. The van der Waals surface area contributed by atoms with Gasteiger partial charge in [0.25, 0.3) is 0 Å². The first-order valence-electron chi connectivity index (χ1n) is 6.66. The molecule has 6 heteroatoms. The van der Waals surface area contributed by atoms with Crippen LogP contribution >= 0.6 is 0 Å². The highest BCUT2D eigenvalue weighted by atomic mass is 19.4. The molecule has 1 atom stereocenters. The van der Waals surface area contributed by atoms with Gasteiger partial charge in [0.05, 0.1) is 5.92 Å². The molecule has 108 valence electrons. The molecule has 0 aliphatic heterocycles. The molecule has 0 spiro atoms. The van der Waals surface area contributed by atoms with E-state index >= 15 is 0 Å². The normalized spacial score (nSPS) is 26.4. The Morgan fingerprint density at radius 3 is 2.47 bits per heavy atom. The molecule has 1 heterocycles. The molecule has 1 aliphatic carbocycles. The number of aromatic nitrogens is 2. The number of rotatable bonds is 3. The first-order chi connectivity index (χ1) is 8.88. The van der Waals surface area contributed by atoms with Crippen LogP contribution in [0.3, 0.4) is 0 Å². The van der Waals surface area contributed by atoms with E-state index in [0.717, 1.165) is 5.82 Å². The van der Waals surface area contributed by atoms with Crippen LogP contribution in [0.4, 0.5) is 13.2 Å². The molecule has 1 unspecified atom stereocenters. The Morgan fingerprint density at radius 1 is 1.37 bits per heavy atom. The smallest absolute Gasteiger partial charge is 0.338 e. The standard InChI is InChI=1S/C13H20F3N3/c1-19-7-6-18-12(19)8-11(17)9-2-4-10(5-3-9)13(14,15)16/h6-7,9-11H,2-5,8,17H2,1H3. The Hall–Kier alpha value is -1.04. The highest BCUT2D eigenvalue weighted by molar-refractivity contribution is 4.96. The highest BCUT2D eigenvalue weighted by Crippen LogP contribution is 2.40. The first kappa shape index (κ1) is 14.4. The zero-order valence-corrected chi connectivity index (χ0v) is 11.0. The van der Waals surface area contributed by atoms with Crippen LogP contribution in [0.15, 0.2) is 12.4 Å². The topological polar surface area (TPSA) is 43.8 Å². The molecule has 1 aromatic heterocycles. The molecule has 2 N–H and O–H groups in total. The summed E-state index contributed by atoms with van der Waals surface area (Å²) in [6.07, 6.45) is 1.70. The van der Waals surface area contributed by atoms with Crippen LogP contribution in [0.5, 0.6) is 0 Å². The first-order valence-corrected chi connectivity index (χ1v) is 6.66. The summed E-state index contributed by atoms with van der Waals surface area (Å²) in [5, 5.41) is 0. The van der Waals surface area contributed by atoms with Gasteiger partial charge in [0, 0.05) is 31.9 Å². The zero-order valence-electron chi connectivity index (χ0n) is 11.0. The van der Waals surface area contributed by atoms with Crippen molar-refractivity contribution in [1.29, 1.82) is 0 Å². The summed E-state index contributed by atoms with van der Waals surface area (Å²) < 4.78 is 39.7. The maximum atomic E-state index is 12.6. The molecule has 1 aliphatic rings. The molecule has 0 aromatic carbocycles. The van der Waals surface area contributed by atoms with Gasteiger partial charge in [-0.1, -0.05) is 0 Å². The summed E-state index contributed by atoms with van der Waals surface area (Å²) in [6, 6.07) is -0.102. The number of aryl methyl sites for hydroxylation is 1. The van der Waals surface area contributed by atoms with Gasteiger partial charge in [0.1, 0.15) is 5.82 Å². The van der Waals surface area contributed by atoms with Crippen LogP contribution in [0.1, 0.15) is 31.5 Å². The average Bonchev–Trinajstić information content (AvgIpc) is 2.74. The van der Waals surface area contributed by atoms with Gasteiger partial charge in [-0.3, -0.25) is 0 Å². The summed E-state index contributed by atoms with van der Waals surface area (Å²) in [7, 11) is 1.90. The van der Waals surface area contributed by atoms with Crippen molar-refractivity contribution >= 4 is 0 Å².